The van der Waals surface area contributed by atoms with Crippen LogP contribution in [0.3, 0.4) is 0 Å². The van der Waals surface area contributed by atoms with Crippen LogP contribution in [-0.2, 0) is 6.54 Å². The lowest BCUT2D eigenvalue weighted by Crippen LogP contribution is -2.27. The Morgan fingerprint density at radius 2 is 2.20 bits per heavy atom. The molecule has 0 fully saturated rings. The third kappa shape index (κ3) is 2.83. The Bertz CT molecular complexity index is 346. The smallest absolute Gasteiger partial charge is 0.120 e. The molecule has 2 nitrogen and oxygen atoms in total. The fraction of sp³-hybridized carbons (Fsp3) is 0.385. The van der Waals surface area contributed by atoms with Gasteiger partial charge < -0.3 is 10.4 Å². The van der Waals surface area contributed by atoms with Crippen LogP contribution in [0.15, 0.2) is 36.4 Å². The molecular formula is C13H17NO. The third-order valence-electron chi connectivity index (χ3n) is 2.80. The Labute approximate surface area is 90.6 Å². The van der Waals surface area contributed by atoms with E-state index < -0.39 is 0 Å². The molecule has 1 aromatic rings. The van der Waals surface area contributed by atoms with Gasteiger partial charge in [-0.25, -0.2) is 0 Å². The molecule has 1 aliphatic carbocycles. The van der Waals surface area contributed by atoms with Crippen molar-refractivity contribution in [1.29, 1.82) is 0 Å². The van der Waals surface area contributed by atoms with Crippen LogP contribution >= 0.6 is 0 Å². The monoisotopic (exact) mass is 203 g/mol. The number of benzene rings is 1. The molecule has 0 heterocycles. The van der Waals surface area contributed by atoms with E-state index in [0.29, 0.717) is 11.8 Å². The number of phenols is 1. The number of hydrogen-bond acceptors (Lipinski definition) is 2. The van der Waals surface area contributed by atoms with Gasteiger partial charge in [-0.3, -0.25) is 0 Å². The predicted molar refractivity (Wildman–Crippen MR) is 61.7 cm³/mol. The minimum atomic E-state index is 0.379. The van der Waals surface area contributed by atoms with Gasteiger partial charge in [0, 0.05) is 18.2 Å². The highest BCUT2D eigenvalue weighted by atomic mass is 16.3. The van der Waals surface area contributed by atoms with Crippen LogP contribution in [0.2, 0.25) is 0 Å². The van der Waals surface area contributed by atoms with Gasteiger partial charge in [-0.1, -0.05) is 30.4 Å². The molecule has 1 atom stereocenters. The number of hydrogen-bond donors (Lipinski definition) is 2. The zero-order chi connectivity index (χ0) is 10.5. The first-order valence-corrected chi connectivity index (χ1v) is 5.53. The van der Waals surface area contributed by atoms with Gasteiger partial charge in [0.2, 0.25) is 0 Å². The largest absolute Gasteiger partial charge is 0.508 e. The SMILES string of the molecule is Oc1ccccc1CNC1C=CCCC1. The topological polar surface area (TPSA) is 32.3 Å². The lowest BCUT2D eigenvalue weighted by Gasteiger charge is -2.18. The molecular weight excluding hydrogens is 186 g/mol. The predicted octanol–water partition coefficient (Wildman–Crippen LogP) is 2.59. The highest BCUT2D eigenvalue weighted by Crippen LogP contribution is 2.16. The molecule has 0 aromatic heterocycles. The van der Waals surface area contributed by atoms with Gasteiger partial charge in [-0.2, -0.15) is 0 Å². The molecule has 1 unspecified atom stereocenters. The summed E-state index contributed by atoms with van der Waals surface area (Å²) in [5, 5.41) is 13.0. The number of rotatable bonds is 3. The Kier molecular flexibility index (Phi) is 3.41. The maximum Gasteiger partial charge on any atom is 0.120 e. The first kappa shape index (κ1) is 10.2. The quantitative estimate of drug-likeness (QED) is 0.740. The molecule has 80 valence electrons. The summed E-state index contributed by atoms with van der Waals surface area (Å²) < 4.78 is 0. The van der Waals surface area contributed by atoms with Gasteiger partial charge in [-0.05, 0) is 25.3 Å². The van der Waals surface area contributed by atoms with Crippen molar-refractivity contribution in [3.63, 3.8) is 0 Å². The number of nitrogens with one attached hydrogen (secondary N) is 1. The van der Waals surface area contributed by atoms with Crippen molar-refractivity contribution in [2.75, 3.05) is 0 Å². The lowest BCUT2D eigenvalue weighted by atomic mass is 10.0. The first-order chi connectivity index (χ1) is 7.36. The molecule has 0 radical (unpaired) electrons. The van der Waals surface area contributed by atoms with Crippen LogP contribution in [0.1, 0.15) is 24.8 Å². The number of allylic oxidation sites excluding steroid dienone is 1. The van der Waals surface area contributed by atoms with Crippen LogP contribution < -0.4 is 5.32 Å². The number of aromatic hydroxyl groups is 1. The fourth-order valence-electron chi connectivity index (χ4n) is 1.88. The van der Waals surface area contributed by atoms with Crippen LogP contribution in [-0.4, -0.2) is 11.1 Å². The minimum Gasteiger partial charge on any atom is -0.508 e. The van der Waals surface area contributed by atoms with E-state index in [1.165, 1.54) is 19.3 Å². The van der Waals surface area contributed by atoms with Gasteiger partial charge in [0.15, 0.2) is 0 Å². The second-order valence-electron chi connectivity index (χ2n) is 3.98. The molecule has 0 saturated carbocycles. The molecule has 0 amide bonds. The molecule has 0 bridgehead atoms. The summed E-state index contributed by atoms with van der Waals surface area (Å²) in [6.07, 6.45) is 8.11. The summed E-state index contributed by atoms with van der Waals surface area (Å²) in [5.74, 6) is 0.379. The maximum absolute atomic E-state index is 9.58. The summed E-state index contributed by atoms with van der Waals surface area (Å²) in [6, 6.07) is 7.95. The minimum absolute atomic E-state index is 0.379. The van der Waals surface area contributed by atoms with E-state index in [1.54, 1.807) is 6.07 Å². The van der Waals surface area contributed by atoms with Crippen LogP contribution in [0.4, 0.5) is 0 Å². The number of para-hydroxylation sites is 1. The van der Waals surface area contributed by atoms with Gasteiger partial charge in [-0.15, -0.1) is 0 Å². The number of phenolic OH excluding ortho intramolecular Hbond substituents is 1. The van der Waals surface area contributed by atoms with E-state index in [4.69, 9.17) is 0 Å². The van der Waals surface area contributed by atoms with Crippen LogP contribution in [0.25, 0.3) is 0 Å². The van der Waals surface area contributed by atoms with E-state index in [2.05, 4.69) is 17.5 Å². The molecule has 2 heteroatoms. The van der Waals surface area contributed by atoms with E-state index in [-0.39, 0.29) is 0 Å². The molecule has 0 saturated heterocycles. The van der Waals surface area contributed by atoms with E-state index in [9.17, 15) is 5.11 Å². The zero-order valence-corrected chi connectivity index (χ0v) is 8.82. The van der Waals surface area contributed by atoms with Crippen molar-refractivity contribution < 1.29 is 5.11 Å². The highest BCUT2D eigenvalue weighted by molar-refractivity contribution is 5.31. The molecule has 2 N–H and O–H groups in total. The van der Waals surface area contributed by atoms with E-state index in [1.807, 2.05) is 18.2 Å². The summed E-state index contributed by atoms with van der Waals surface area (Å²) in [5.41, 5.74) is 0.969. The van der Waals surface area contributed by atoms with E-state index >= 15 is 0 Å². The Hall–Kier alpha value is -1.28. The van der Waals surface area contributed by atoms with Crippen molar-refractivity contribution in [2.24, 2.45) is 0 Å². The standard InChI is InChI=1S/C13H17NO/c15-13-9-5-4-6-11(13)10-14-12-7-2-1-3-8-12/h2,4-7,9,12,14-15H,1,3,8,10H2. The summed E-state index contributed by atoms with van der Waals surface area (Å²) >= 11 is 0. The molecule has 0 aliphatic heterocycles. The molecule has 1 aromatic carbocycles. The van der Waals surface area contributed by atoms with Gasteiger partial charge in [0.1, 0.15) is 5.75 Å². The van der Waals surface area contributed by atoms with Crippen molar-refractivity contribution in [1.82, 2.24) is 5.32 Å². The second kappa shape index (κ2) is 4.99. The molecule has 0 spiro atoms. The average Bonchev–Trinajstić information content (AvgIpc) is 2.29. The van der Waals surface area contributed by atoms with Gasteiger partial charge in [0.25, 0.3) is 0 Å². The van der Waals surface area contributed by atoms with Crippen LogP contribution in [0.5, 0.6) is 5.75 Å². The normalized spacial score (nSPS) is 20.4. The zero-order valence-electron chi connectivity index (χ0n) is 8.82. The molecule has 15 heavy (non-hydrogen) atoms. The van der Waals surface area contributed by atoms with E-state index in [0.717, 1.165) is 12.1 Å². The van der Waals surface area contributed by atoms with Crippen molar-refractivity contribution >= 4 is 0 Å². The van der Waals surface area contributed by atoms with Crippen LogP contribution in [0, 0.1) is 0 Å². The summed E-state index contributed by atoms with van der Waals surface area (Å²) in [6.45, 7) is 0.738. The maximum atomic E-state index is 9.58. The molecule has 1 aliphatic rings. The molecule has 2 rings (SSSR count). The second-order valence-corrected chi connectivity index (χ2v) is 3.98. The van der Waals surface area contributed by atoms with Gasteiger partial charge in [0.05, 0.1) is 0 Å². The first-order valence-electron chi connectivity index (χ1n) is 5.53. The van der Waals surface area contributed by atoms with Gasteiger partial charge >= 0.3 is 0 Å². The average molecular weight is 203 g/mol. The Morgan fingerprint density at radius 3 is 2.93 bits per heavy atom. The lowest BCUT2D eigenvalue weighted by molar-refractivity contribution is 0.457. The Morgan fingerprint density at radius 1 is 1.33 bits per heavy atom. The van der Waals surface area contributed by atoms with Crippen molar-refractivity contribution in [3.05, 3.63) is 42.0 Å². The summed E-state index contributed by atoms with van der Waals surface area (Å²) in [7, 11) is 0. The summed E-state index contributed by atoms with van der Waals surface area (Å²) in [4.78, 5) is 0. The fourth-order valence-corrected chi connectivity index (χ4v) is 1.88. The third-order valence-corrected chi connectivity index (χ3v) is 2.80. The van der Waals surface area contributed by atoms with Crippen molar-refractivity contribution in [3.8, 4) is 5.75 Å². The Balaban J connectivity index is 1.90. The van der Waals surface area contributed by atoms with Crippen molar-refractivity contribution in [2.45, 2.75) is 31.8 Å². The highest BCUT2D eigenvalue weighted by Gasteiger charge is 2.08.